The predicted molar refractivity (Wildman–Crippen MR) is 99.3 cm³/mol. The Kier molecular flexibility index (Phi) is 5.63. The molecule has 0 aliphatic carbocycles. The summed E-state index contributed by atoms with van der Waals surface area (Å²) in [4.78, 5) is 27.0. The Hall–Kier alpha value is -2.73. The first kappa shape index (κ1) is 18.1. The number of amides is 1. The summed E-state index contributed by atoms with van der Waals surface area (Å²) in [5.41, 5.74) is 2.30. The summed E-state index contributed by atoms with van der Waals surface area (Å²) in [6.45, 7) is 5.33. The number of nitrogens with one attached hydrogen (secondary N) is 2. The second-order valence-corrected chi connectivity index (χ2v) is 6.58. The van der Waals surface area contributed by atoms with Gasteiger partial charge in [-0.05, 0) is 49.4 Å². The van der Waals surface area contributed by atoms with Crippen molar-refractivity contribution in [3.8, 4) is 0 Å². The summed E-state index contributed by atoms with van der Waals surface area (Å²) >= 11 is 0. The number of hydrogen-bond acceptors (Lipinski definition) is 3. The Bertz CT molecular complexity index is 784. The van der Waals surface area contributed by atoms with Crippen LogP contribution in [0, 0.1) is 5.82 Å². The van der Waals surface area contributed by atoms with Gasteiger partial charge in [-0.1, -0.05) is 6.07 Å². The fourth-order valence-electron chi connectivity index (χ4n) is 3.16. The molecule has 0 saturated carbocycles. The third-order valence-corrected chi connectivity index (χ3v) is 4.63. The smallest absolute Gasteiger partial charge is 0.279 e. The lowest BCUT2D eigenvalue weighted by Gasteiger charge is -2.33. The minimum atomic E-state index is -0.362. The number of anilines is 2. The summed E-state index contributed by atoms with van der Waals surface area (Å²) in [6, 6.07) is 13.6. The topological polar surface area (TPSA) is 53.9 Å². The van der Waals surface area contributed by atoms with Crippen molar-refractivity contribution in [2.75, 3.05) is 42.9 Å². The van der Waals surface area contributed by atoms with E-state index in [4.69, 9.17) is 0 Å². The molecule has 0 unspecified atom stereocenters. The molecular weight excluding hydrogens is 333 g/mol. The molecule has 0 spiro atoms. The van der Waals surface area contributed by atoms with Crippen molar-refractivity contribution >= 4 is 23.1 Å². The largest absolute Gasteiger partial charge is 0.360 e. The zero-order chi connectivity index (χ0) is 18.5. The molecule has 2 aromatic carbocycles. The summed E-state index contributed by atoms with van der Waals surface area (Å²) in [5, 5.41) is 2.74. The number of ketones is 1. The van der Waals surface area contributed by atoms with Crippen LogP contribution >= 0.6 is 0 Å². The van der Waals surface area contributed by atoms with Gasteiger partial charge in [0, 0.05) is 16.9 Å². The minimum Gasteiger partial charge on any atom is -0.360 e. The van der Waals surface area contributed by atoms with Gasteiger partial charge in [0.05, 0.1) is 26.2 Å². The molecule has 1 fully saturated rings. The molecule has 5 nitrogen and oxygen atoms in total. The van der Waals surface area contributed by atoms with Gasteiger partial charge in [-0.2, -0.15) is 0 Å². The van der Waals surface area contributed by atoms with Crippen LogP contribution in [0.15, 0.2) is 48.5 Å². The van der Waals surface area contributed by atoms with Crippen LogP contribution in [0.5, 0.6) is 0 Å². The third kappa shape index (κ3) is 4.67. The second-order valence-electron chi connectivity index (χ2n) is 6.58. The molecule has 6 heteroatoms. The maximum Gasteiger partial charge on any atom is 0.279 e. The normalized spacial score (nSPS) is 14.9. The van der Waals surface area contributed by atoms with Gasteiger partial charge in [0.15, 0.2) is 12.3 Å². The minimum absolute atomic E-state index is 0.0649. The molecule has 1 saturated heterocycles. The van der Waals surface area contributed by atoms with Crippen LogP contribution in [0.25, 0.3) is 0 Å². The molecule has 136 valence electrons. The van der Waals surface area contributed by atoms with E-state index in [1.165, 1.54) is 17.0 Å². The van der Waals surface area contributed by atoms with E-state index in [0.29, 0.717) is 17.8 Å². The highest BCUT2D eigenvalue weighted by atomic mass is 19.1. The molecular formula is C20H23FN3O2+. The van der Waals surface area contributed by atoms with E-state index in [2.05, 4.69) is 10.2 Å². The summed E-state index contributed by atoms with van der Waals surface area (Å²) in [7, 11) is 0. The summed E-state index contributed by atoms with van der Waals surface area (Å²) < 4.78 is 13.2. The average Bonchev–Trinajstić information content (AvgIpc) is 2.62. The molecule has 0 aromatic heterocycles. The number of piperazine rings is 1. The fraction of sp³-hybridized carbons (Fsp3) is 0.300. The van der Waals surface area contributed by atoms with Crippen LogP contribution in [-0.4, -0.2) is 44.4 Å². The van der Waals surface area contributed by atoms with E-state index in [9.17, 15) is 14.0 Å². The van der Waals surface area contributed by atoms with E-state index in [1.54, 1.807) is 19.1 Å². The molecule has 0 bridgehead atoms. The van der Waals surface area contributed by atoms with Crippen molar-refractivity contribution in [1.82, 2.24) is 0 Å². The standard InChI is InChI=1S/C20H22FN3O2/c1-15(25)16-5-7-19(8-6-16)24-11-9-23(10-12-24)14-20(26)22-18-4-2-3-17(21)13-18/h2-8,13H,9-12,14H2,1H3,(H,22,26)/p+1. The zero-order valence-corrected chi connectivity index (χ0v) is 14.8. The number of carbonyl (C=O) groups is 2. The Morgan fingerprint density at radius 3 is 2.42 bits per heavy atom. The zero-order valence-electron chi connectivity index (χ0n) is 14.8. The SMILES string of the molecule is CC(=O)c1ccc(N2CC[NH+](CC(=O)Nc3cccc(F)c3)CC2)cc1. The van der Waals surface area contributed by atoms with Gasteiger partial charge in [0.1, 0.15) is 5.82 Å². The molecule has 1 aliphatic heterocycles. The van der Waals surface area contributed by atoms with Crippen LogP contribution in [0.2, 0.25) is 0 Å². The number of hydrogen-bond donors (Lipinski definition) is 2. The molecule has 1 heterocycles. The van der Waals surface area contributed by atoms with Crippen molar-refractivity contribution in [3.05, 3.63) is 59.9 Å². The van der Waals surface area contributed by atoms with E-state index >= 15 is 0 Å². The van der Waals surface area contributed by atoms with Crippen LogP contribution in [0.1, 0.15) is 17.3 Å². The third-order valence-electron chi connectivity index (χ3n) is 4.63. The number of rotatable bonds is 5. The lowest BCUT2D eigenvalue weighted by molar-refractivity contribution is -0.892. The molecule has 1 amide bonds. The highest BCUT2D eigenvalue weighted by Crippen LogP contribution is 2.15. The van der Waals surface area contributed by atoms with Crippen LogP contribution in [0.4, 0.5) is 15.8 Å². The number of quaternary nitrogens is 1. The fourth-order valence-corrected chi connectivity index (χ4v) is 3.16. The summed E-state index contributed by atoms with van der Waals surface area (Å²) in [5.74, 6) is -0.403. The van der Waals surface area contributed by atoms with Crippen molar-refractivity contribution in [2.24, 2.45) is 0 Å². The number of Topliss-reactive ketones (excluding diaryl/α,β-unsaturated/α-hetero) is 1. The van der Waals surface area contributed by atoms with E-state index in [0.717, 1.165) is 31.9 Å². The average molecular weight is 356 g/mol. The quantitative estimate of drug-likeness (QED) is 0.796. The molecule has 3 rings (SSSR count). The number of carbonyl (C=O) groups excluding carboxylic acids is 2. The molecule has 26 heavy (non-hydrogen) atoms. The molecule has 2 N–H and O–H groups in total. The maximum atomic E-state index is 13.2. The number of nitrogens with zero attached hydrogens (tertiary/aromatic N) is 1. The van der Waals surface area contributed by atoms with Gasteiger partial charge in [0.2, 0.25) is 0 Å². The Morgan fingerprint density at radius 2 is 1.81 bits per heavy atom. The maximum absolute atomic E-state index is 13.2. The van der Waals surface area contributed by atoms with Crippen molar-refractivity contribution in [3.63, 3.8) is 0 Å². The van der Waals surface area contributed by atoms with Gasteiger partial charge in [-0.3, -0.25) is 9.59 Å². The van der Waals surface area contributed by atoms with Gasteiger partial charge in [0.25, 0.3) is 5.91 Å². The second kappa shape index (κ2) is 8.10. The predicted octanol–water partition coefficient (Wildman–Crippen LogP) is 1.37. The first-order valence-electron chi connectivity index (χ1n) is 8.76. The first-order valence-corrected chi connectivity index (χ1v) is 8.76. The Morgan fingerprint density at radius 1 is 1.12 bits per heavy atom. The Labute approximate surface area is 152 Å². The first-order chi connectivity index (χ1) is 12.5. The van der Waals surface area contributed by atoms with E-state index in [-0.39, 0.29) is 17.5 Å². The van der Waals surface area contributed by atoms with Gasteiger partial charge in [-0.25, -0.2) is 4.39 Å². The van der Waals surface area contributed by atoms with Crippen LogP contribution in [0.3, 0.4) is 0 Å². The van der Waals surface area contributed by atoms with E-state index < -0.39 is 0 Å². The molecule has 0 atom stereocenters. The number of benzene rings is 2. The monoisotopic (exact) mass is 356 g/mol. The van der Waals surface area contributed by atoms with Gasteiger partial charge < -0.3 is 15.1 Å². The highest BCUT2D eigenvalue weighted by Gasteiger charge is 2.22. The highest BCUT2D eigenvalue weighted by molar-refractivity contribution is 5.94. The van der Waals surface area contributed by atoms with E-state index in [1.807, 2.05) is 24.3 Å². The lowest BCUT2D eigenvalue weighted by Crippen LogP contribution is -3.15. The van der Waals surface area contributed by atoms with Crippen molar-refractivity contribution < 1.29 is 18.9 Å². The summed E-state index contributed by atoms with van der Waals surface area (Å²) in [6.07, 6.45) is 0. The van der Waals surface area contributed by atoms with Crippen molar-refractivity contribution in [2.45, 2.75) is 6.92 Å². The van der Waals surface area contributed by atoms with Crippen molar-refractivity contribution in [1.29, 1.82) is 0 Å². The Balaban J connectivity index is 1.49. The van der Waals surface area contributed by atoms with Crippen LogP contribution in [-0.2, 0) is 4.79 Å². The molecule has 0 radical (unpaired) electrons. The lowest BCUT2D eigenvalue weighted by atomic mass is 10.1. The number of halogens is 1. The molecule has 1 aliphatic rings. The van der Waals surface area contributed by atoms with Crippen LogP contribution < -0.4 is 15.1 Å². The van der Waals surface area contributed by atoms with Gasteiger partial charge >= 0.3 is 0 Å². The van der Waals surface area contributed by atoms with Gasteiger partial charge in [-0.15, -0.1) is 0 Å². The molecule has 2 aromatic rings.